The summed E-state index contributed by atoms with van der Waals surface area (Å²) in [6.45, 7) is 4.29. The van der Waals surface area contributed by atoms with Crippen molar-refractivity contribution in [1.29, 1.82) is 0 Å². The molecule has 0 atom stereocenters. The molecule has 0 aliphatic rings. The Labute approximate surface area is 91.9 Å². The van der Waals surface area contributed by atoms with Gasteiger partial charge in [0.1, 0.15) is 0 Å². The van der Waals surface area contributed by atoms with Crippen LogP contribution in [0.5, 0.6) is 0 Å². The third kappa shape index (κ3) is 4.04. The molecule has 0 radical (unpaired) electrons. The van der Waals surface area contributed by atoms with Crippen molar-refractivity contribution in [2.45, 2.75) is 26.7 Å². The van der Waals surface area contributed by atoms with Crippen LogP contribution < -0.4 is 4.46 Å². The van der Waals surface area contributed by atoms with Crippen molar-refractivity contribution in [2.24, 2.45) is 0 Å². The predicted octanol–water partition coefficient (Wildman–Crippen LogP) is 2.45. The van der Waals surface area contributed by atoms with Gasteiger partial charge in [0.25, 0.3) is 0 Å². The summed E-state index contributed by atoms with van der Waals surface area (Å²) in [5.74, 6) is 0. The van der Waals surface area contributed by atoms with Gasteiger partial charge in [-0.25, -0.2) is 0 Å². The Bertz CT molecular complexity index is 277. The molecule has 1 rings (SSSR count). The molecule has 0 saturated carbocycles. The van der Waals surface area contributed by atoms with Crippen molar-refractivity contribution in [2.75, 3.05) is 0 Å². The Morgan fingerprint density at radius 1 is 1.31 bits per heavy atom. The first-order valence-electron chi connectivity index (χ1n) is 4.49. The van der Waals surface area contributed by atoms with Gasteiger partial charge >= 0.3 is 91.9 Å². The maximum atomic E-state index is 5.30. The fraction of sp³-hybridized carbons (Fsp3) is 0.364. The molecule has 2 heteroatoms. The van der Waals surface area contributed by atoms with Gasteiger partial charge in [0, 0.05) is 0 Å². The molecule has 0 heterocycles. The number of thiocarbonyl (C=S) groups is 1. The Hall–Kier alpha value is -0.171. The Morgan fingerprint density at radius 2 is 1.92 bits per heavy atom. The fourth-order valence-electron chi connectivity index (χ4n) is 0.993. The van der Waals surface area contributed by atoms with Gasteiger partial charge in [-0.15, -0.1) is 0 Å². The zero-order chi connectivity index (χ0) is 9.68. The molecule has 0 unspecified atom stereocenters. The van der Waals surface area contributed by atoms with E-state index in [4.69, 9.17) is 12.2 Å². The monoisotopic (exact) mass is 258 g/mol. The molecule has 0 saturated heterocycles. The first kappa shape index (κ1) is 10.9. The summed E-state index contributed by atoms with van der Waals surface area (Å²) in [7, 11) is 0. The first-order valence-corrected chi connectivity index (χ1v) is 6.62. The Kier molecular flexibility index (Phi) is 4.65. The van der Waals surface area contributed by atoms with Crippen molar-refractivity contribution in [3.63, 3.8) is 0 Å². The summed E-state index contributed by atoms with van der Waals surface area (Å²) in [5, 5.41) is 0. The minimum absolute atomic E-state index is 0.402. The SMILES string of the molecule is CCCC(=S)[Se]c1ccc(C)cc1. The van der Waals surface area contributed by atoms with E-state index in [1.54, 1.807) is 0 Å². The van der Waals surface area contributed by atoms with Crippen molar-refractivity contribution in [3.05, 3.63) is 29.8 Å². The molecule has 0 bridgehead atoms. The summed E-state index contributed by atoms with van der Waals surface area (Å²) in [4.78, 5) is 0. The Balaban J connectivity index is 2.54. The summed E-state index contributed by atoms with van der Waals surface area (Å²) in [6.07, 6.45) is 2.27. The molecular weight excluding hydrogens is 243 g/mol. The molecule has 13 heavy (non-hydrogen) atoms. The molecule has 70 valence electrons. The quantitative estimate of drug-likeness (QED) is 0.590. The van der Waals surface area contributed by atoms with Gasteiger partial charge in [-0.2, -0.15) is 0 Å². The van der Waals surface area contributed by atoms with Gasteiger partial charge in [-0.1, -0.05) is 0 Å². The molecule has 1 aromatic carbocycles. The topological polar surface area (TPSA) is 0 Å². The second-order valence-corrected chi connectivity index (χ2v) is 6.56. The van der Waals surface area contributed by atoms with Gasteiger partial charge in [0.15, 0.2) is 0 Å². The number of aryl methyl sites for hydroxylation is 1. The van der Waals surface area contributed by atoms with Crippen molar-refractivity contribution in [1.82, 2.24) is 0 Å². The van der Waals surface area contributed by atoms with E-state index in [0.717, 1.165) is 6.42 Å². The van der Waals surface area contributed by atoms with Crippen LogP contribution in [0.1, 0.15) is 25.3 Å². The van der Waals surface area contributed by atoms with Gasteiger partial charge in [0.05, 0.1) is 0 Å². The number of rotatable bonds is 4. The van der Waals surface area contributed by atoms with Crippen LogP contribution in [0.25, 0.3) is 0 Å². The van der Waals surface area contributed by atoms with E-state index in [1.165, 1.54) is 20.2 Å². The zero-order valence-corrected chi connectivity index (χ0v) is 10.6. The molecule has 0 N–H and O–H groups in total. The first-order chi connectivity index (χ1) is 6.22. The van der Waals surface area contributed by atoms with E-state index in [2.05, 4.69) is 38.1 Å². The third-order valence-electron chi connectivity index (χ3n) is 1.71. The summed E-state index contributed by atoms with van der Waals surface area (Å²) in [6, 6.07) is 8.70. The number of hydrogen-bond acceptors (Lipinski definition) is 1. The van der Waals surface area contributed by atoms with Crippen LogP contribution in [-0.4, -0.2) is 18.7 Å². The van der Waals surface area contributed by atoms with Crippen molar-refractivity contribution < 1.29 is 0 Å². The molecule has 0 aliphatic heterocycles. The van der Waals surface area contributed by atoms with Crippen molar-refractivity contribution in [3.8, 4) is 0 Å². The summed E-state index contributed by atoms with van der Waals surface area (Å²) >= 11 is 5.70. The molecule has 1 aromatic rings. The van der Waals surface area contributed by atoms with E-state index < -0.39 is 0 Å². The maximum absolute atomic E-state index is 5.30. The van der Waals surface area contributed by atoms with Crippen LogP contribution in [0.3, 0.4) is 0 Å². The van der Waals surface area contributed by atoms with Crippen LogP contribution in [-0.2, 0) is 0 Å². The summed E-state index contributed by atoms with van der Waals surface area (Å²) in [5.41, 5.74) is 1.32. The molecule has 0 amide bonds. The second kappa shape index (κ2) is 5.54. The standard InChI is InChI=1S/C11H14SSe/c1-3-4-11(12)13-10-7-5-9(2)6-8-10/h5-8H,3-4H2,1-2H3. The number of benzene rings is 1. The van der Waals surface area contributed by atoms with E-state index >= 15 is 0 Å². The van der Waals surface area contributed by atoms with Gasteiger partial charge < -0.3 is 0 Å². The molecule has 0 spiro atoms. The van der Waals surface area contributed by atoms with Crippen LogP contribution in [0.15, 0.2) is 24.3 Å². The van der Waals surface area contributed by atoms with Crippen molar-refractivity contribution >= 4 is 35.4 Å². The molecule has 0 aromatic heterocycles. The minimum atomic E-state index is 0.402. The van der Waals surface area contributed by atoms with E-state index in [0.29, 0.717) is 15.0 Å². The average Bonchev–Trinajstić information content (AvgIpc) is 2.09. The molecule has 0 fully saturated rings. The van der Waals surface area contributed by atoms with E-state index in [1.807, 2.05) is 0 Å². The predicted molar refractivity (Wildman–Crippen MR) is 64.1 cm³/mol. The van der Waals surface area contributed by atoms with Crippen LogP contribution in [0.2, 0.25) is 0 Å². The van der Waals surface area contributed by atoms with Gasteiger partial charge in [-0.3, -0.25) is 0 Å². The van der Waals surface area contributed by atoms with E-state index in [-0.39, 0.29) is 0 Å². The summed E-state index contributed by atoms with van der Waals surface area (Å²) < 4.78 is 2.63. The molecule has 0 nitrogen and oxygen atoms in total. The Morgan fingerprint density at radius 3 is 2.46 bits per heavy atom. The third-order valence-corrected chi connectivity index (χ3v) is 4.32. The van der Waals surface area contributed by atoms with Crippen LogP contribution in [0, 0.1) is 6.92 Å². The van der Waals surface area contributed by atoms with Crippen LogP contribution in [0.4, 0.5) is 0 Å². The molecule has 0 aliphatic carbocycles. The van der Waals surface area contributed by atoms with Crippen LogP contribution >= 0.6 is 12.2 Å². The fourth-order valence-corrected chi connectivity index (χ4v) is 3.46. The second-order valence-electron chi connectivity index (χ2n) is 3.04. The van der Waals surface area contributed by atoms with E-state index in [9.17, 15) is 0 Å². The number of hydrogen-bond donors (Lipinski definition) is 0. The average molecular weight is 257 g/mol. The molecular formula is C11H14SSe. The van der Waals surface area contributed by atoms with Gasteiger partial charge in [0.2, 0.25) is 0 Å². The van der Waals surface area contributed by atoms with Gasteiger partial charge in [-0.05, 0) is 0 Å². The zero-order valence-electron chi connectivity index (χ0n) is 8.04. The normalized spacial score (nSPS) is 10.0.